The minimum atomic E-state index is -0.195. The molecule has 0 saturated carbocycles. The lowest BCUT2D eigenvalue weighted by atomic mass is 10.2. The first kappa shape index (κ1) is 18.8. The van der Waals surface area contributed by atoms with E-state index in [9.17, 15) is 4.79 Å². The zero-order valence-corrected chi connectivity index (χ0v) is 15.7. The van der Waals surface area contributed by atoms with Crippen LogP contribution in [-0.2, 0) is 22.6 Å². The van der Waals surface area contributed by atoms with E-state index in [2.05, 4.69) is 25.7 Å². The molecule has 9 heteroatoms. The molecule has 4 rings (SSSR count). The van der Waals surface area contributed by atoms with Crippen LogP contribution in [0, 0.1) is 0 Å². The third-order valence-electron chi connectivity index (χ3n) is 4.24. The summed E-state index contributed by atoms with van der Waals surface area (Å²) < 4.78 is 12.4. The van der Waals surface area contributed by atoms with E-state index in [1.54, 1.807) is 0 Å². The molecule has 3 aromatic heterocycles. The number of nitrogens with one attached hydrogen (secondary N) is 1. The number of carbonyl (C=O) groups excluding carboxylic acids is 1. The van der Waals surface area contributed by atoms with E-state index < -0.39 is 0 Å². The fraction of sp³-hybridized carbons (Fsp3) is 0.250. The molecule has 29 heavy (non-hydrogen) atoms. The van der Waals surface area contributed by atoms with E-state index in [-0.39, 0.29) is 19.1 Å². The van der Waals surface area contributed by atoms with Gasteiger partial charge in [-0.05, 0) is 18.6 Å². The molecule has 3 heterocycles. The maximum atomic E-state index is 11.9. The van der Waals surface area contributed by atoms with Gasteiger partial charge in [0.2, 0.25) is 11.7 Å². The molecule has 0 fully saturated rings. The lowest BCUT2D eigenvalue weighted by molar-refractivity contribution is -0.126. The molecule has 0 spiro atoms. The average Bonchev–Trinajstić information content (AvgIpc) is 3.39. The first-order valence-corrected chi connectivity index (χ1v) is 9.31. The smallest absolute Gasteiger partial charge is 0.252 e. The molecular weight excluding hydrogens is 372 g/mol. The van der Waals surface area contributed by atoms with Crippen LogP contribution in [0.25, 0.3) is 17.0 Å². The maximum Gasteiger partial charge on any atom is 0.252 e. The highest BCUT2D eigenvalue weighted by Crippen LogP contribution is 2.14. The van der Waals surface area contributed by atoms with Crippen LogP contribution in [0.5, 0.6) is 0 Å². The molecule has 0 aliphatic heterocycles. The summed E-state index contributed by atoms with van der Waals surface area (Å²) in [5.41, 5.74) is 1.68. The van der Waals surface area contributed by atoms with E-state index in [4.69, 9.17) is 9.26 Å². The minimum absolute atomic E-state index is 0.0725. The summed E-state index contributed by atoms with van der Waals surface area (Å²) in [5.74, 6) is 1.50. The van der Waals surface area contributed by atoms with Gasteiger partial charge in [-0.3, -0.25) is 9.20 Å². The largest absolute Gasteiger partial charge is 0.362 e. The molecule has 148 valence electrons. The van der Waals surface area contributed by atoms with Crippen molar-refractivity contribution in [2.45, 2.75) is 19.4 Å². The summed E-state index contributed by atoms with van der Waals surface area (Å²) in [7, 11) is 0. The zero-order chi connectivity index (χ0) is 19.9. The Morgan fingerprint density at radius 3 is 2.86 bits per heavy atom. The van der Waals surface area contributed by atoms with E-state index >= 15 is 0 Å². The zero-order valence-electron chi connectivity index (χ0n) is 15.7. The number of amides is 1. The van der Waals surface area contributed by atoms with Crippen molar-refractivity contribution in [1.82, 2.24) is 30.1 Å². The Bertz CT molecular complexity index is 1080. The van der Waals surface area contributed by atoms with Gasteiger partial charge in [0.1, 0.15) is 19.0 Å². The highest BCUT2D eigenvalue weighted by Gasteiger charge is 2.10. The molecule has 0 aliphatic rings. The first-order chi connectivity index (χ1) is 14.3. The number of fused-ring (bicyclic) bond motifs is 1. The quantitative estimate of drug-likeness (QED) is 0.434. The third kappa shape index (κ3) is 4.82. The minimum Gasteiger partial charge on any atom is -0.362 e. The summed E-state index contributed by atoms with van der Waals surface area (Å²) in [6, 6.07) is 15.3. The number of ether oxygens (including phenoxy) is 1. The van der Waals surface area contributed by atoms with E-state index in [0.29, 0.717) is 18.3 Å². The SMILES string of the molecule is O=C(COCc1nc(-c2ccccc2)no1)NCCCc1nnc2ccccn12. The van der Waals surface area contributed by atoms with E-state index in [1.807, 2.05) is 59.1 Å². The van der Waals surface area contributed by atoms with Crippen LogP contribution < -0.4 is 5.32 Å². The van der Waals surface area contributed by atoms with Gasteiger partial charge in [0, 0.05) is 24.7 Å². The Morgan fingerprint density at radius 1 is 1.10 bits per heavy atom. The highest BCUT2D eigenvalue weighted by molar-refractivity contribution is 5.77. The molecule has 0 radical (unpaired) electrons. The van der Waals surface area contributed by atoms with Crippen LogP contribution in [0.2, 0.25) is 0 Å². The van der Waals surface area contributed by atoms with Crippen LogP contribution in [-0.4, -0.2) is 43.8 Å². The van der Waals surface area contributed by atoms with Gasteiger partial charge < -0.3 is 14.6 Å². The van der Waals surface area contributed by atoms with Crippen molar-refractivity contribution in [2.24, 2.45) is 0 Å². The Hall–Kier alpha value is -3.59. The number of hydrogen-bond acceptors (Lipinski definition) is 7. The van der Waals surface area contributed by atoms with Gasteiger partial charge in [0.05, 0.1) is 0 Å². The topological polar surface area (TPSA) is 107 Å². The molecule has 9 nitrogen and oxygen atoms in total. The van der Waals surface area contributed by atoms with Gasteiger partial charge in [-0.25, -0.2) is 0 Å². The molecule has 1 N–H and O–H groups in total. The Labute approximate surface area is 166 Å². The van der Waals surface area contributed by atoms with Crippen molar-refractivity contribution in [1.29, 1.82) is 0 Å². The van der Waals surface area contributed by atoms with Gasteiger partial charge in [-0.1, -0.05) is 41.6 Å². The van der Waals surface area contributed by atoms with Crippen LogP contribution >= 0.6 is 0 Å². The highest BCUT2D eigenvalue weighted by atomic mass is 16.5. The second-order valence-corrected chi connectivity index (χ2v) is 6.37. The number of pyridine rings is 1. The third-order valence-corrected chi connectivity index (χ3v) is 4.24. The standard InChI is InChI=1S/C20H20N6O3/c27-18(21-11-6-10-17-24-23-16-9-4-5-12-26(16)17)13-28-14-19-22-20(25-29-19)15-7-2-1-3-8-15/h1-5,7-9,12H,6,10-11,13-14H2,(H,21,27). The van der Waals surface area contributed by atoms with Crippen LogP contribution in [0.3, 0.4) is 0 Å². The molecule has 1 amide bonds. The molecular formula is C20H20N6O3. The summed E-state index contributed by atoms with van der Waals surface area (Å²) in [5, 5.41) is 15.0. The molecule has 0 saturated heterocycles. The summed E-state index contributed by atoms with van der Waals surface area (Å²) >= 11 is 0. The number of benzene rings is 1. The van der Waals surface area contributed by atoms with Crippen LogP contribution in [0.15, 0.2) is 59.3 Å². The number of rotatable bonds is 9. The van der Waals surface area contributed by atoms with Crippen molar-refractivity contribution in [3.8, 4) is 11.4 Å². The van der Waals surface area contributed by atoms with Gasteiger partial charge in [0.25, 0.3) is 5.89 Å². The fourth-order valence-corrected chi connectivity index (χ4v) is 2.84. The molecule has 0 bridgehead atoms. The van der Waals surface area contributed by atoms with Crippen LogP contribution in [0.1, 0.15) is 18.1 Å². The lowest BCUT2D eigenvalue weighted by Gasteiger charge is -2.05. The summed E-state index contributed by atoms with van der Waals surface area (Å²) in [4.78, 5) is 16.2. The molecule has 0 atom stereocenters. The number of aryl methyl sites for hydroxylation is 1. The number of hydrogen-bond donors (Lipinski definition) is 1. The number of carbonyl (C=O) groups is 1. The average molecular weight is 392 g/mol. The van der Waals surface area contributed by atoms with Crippen molar-refractivity contribution in [3.05, 3.63) is 66.4 Å². The van der Waals surface area contributed by atoms with Gasteiger partial charge in [-0.2, -0.15) is 4.98 Å². The van der Waals surface area contributed by atoms with Crippen LogP contribution in [0.4, 0.5) is 0 Å². The normalized spacial score (nSPS) is 11.0. The first-order valence-electron chi connectivity index (χ1n) is 9.31. The van der Waals surface area contributed by atoms with Crippen molar-refractivity contribution in [2.75, 3.05) is 13.2 Å². The lowest BCUT2D eigenvalue weighted by Crippen LogP contribution is -2.28. The summed E-state index contributed by atoms with van der Waals surface area (Å²) in [6.45, 7) is 0.540. The van der Waals surface area contributed by atoms with Crippen molar-refractivity contribution >= 4 is 11.6 Å². The predicted molar refractivity (Wildman–Crippen MR) is 104 cm³/mol. The molecule has 1 aromatic carbocycles. The van der Waals surface area contributed by atoms with Crippen molar-refractivity contribution < 1.29 is 14.1 Å². The molecule has 4 aromatic rings. The Balaban J connectivity index is 1.15. The Morgan fingerprint density at radius 2 is 1.97 bits per heavy atom. The van der Waals surface area contributed by atoms with Gasteiger partial charge in [0.15, 0.2) is 5.65 Å². The second-order valence-electron chi connectivity index (χ2n) is 6.37. The van der Waals surface area contributed by atoms with E-state index in [0.717, 1.165) is 29.9 Å². The van der Waals surface area contributed by atoms with Crippen molar-refractivity contribution in [3.63, 3.8) is 0 Å². The molecule has 0 unspecified atom stereocenters. The summed E-state index contributed by atoms with van der Waals surface area (Å²) in [6.07, 6.45) is 3.40. The number of aromatic nitrogens is 5. The Kier molecular flexibility index (Phi) is 5.87. The second kappa shape index (κ2) is 9.07. The van der Waals surface area contributed by atoms with Gasteiger partial charge in [-0.15, -0.1) is 10.2 Å². The molecule has 0 aliphatic carbocycles. The monoisotopic (exact) mass is 392 g/mol. The maximum absolute atomic E-state index is 11.9. The predicted octanol–water partition coefficient (Wildman–Crippen LogP) is 2.04. The fourth-order valence-electron chi connectivity index (χ4n) is 2.84. The van der Waals surface area contributed by atoms with E-state index in [1.165, 1.54) is 0 Å². The number of nitrogens with zero attached hydrogens (tertiary/aromatic N) is 5. The van der Waals surface area contributed by atoms with Gasteiger partial charge >= 0.3 is 0 Å².